The van der Waals surface area contributed by atoms with Crippen LogP contribution in [0, 0.1) is 5.82 Å². The Kier molecular flexibility index (Phi) is 5.83. The predicted octanol–water partition coefficient (Wildman–Crippen LogP) is 5.92. The van der Waals surface area contributed by atoms with Gasteiger partial charge in [0.2, 0.25) is 0 Å². The van der Waals surface area contributed by atoms with Crippen molar-refractivity contribution in [3.63, 3.8) is 0 Å². The molecule has 3 heterocycles. The Balaban J connectivity index is 1.29. The van der Waals surface area contributed by atoms with E-state index in [1.165, 1.54) is 24.3 Å². The van der Waals surface area contributed by atoms with Gasteiger partial charge in [-0.2, -0.15) is 13.2 Å². The molecule has 34 heavy (non-hydrogen) atoms. The third-order valence-electron chi connectivity index (χ3n) is 5.82. The summed E-state index contributed by atoms with van der Waals surface area (Å²) >= 11 is 0. The minimum Gasteiger partial charge on any atom is -0.293 e. The zero-order chi connectivity index (χ0) is 23.7. The van der Waals surface area contributed by atoms with E-state index in [4.69, 9.17) is 4.98 Å². The van der Waals surface area contributed by atoms with E-state index in [0.29, 0.717) is 30.9 Å². The Hall–Kier alpha value is -3.65. The van der Waals surface area contributed by atoms with E-state index < -0.39 is 11.7 Å². The van der Waals surface area contributed by atoms with Crippen molar-refractivity contribution in [3.8, 4) is 22.6 Å². The maximum Gasteiger partial charge on any atom is 0.416 e. The first-order valence-electron chi connectivity index (χ1n) is 10.8. The predicted molar refractivity (Wildman–Crippen MR) is 120 cm³/mol. The van der Waals surface area contributed by atoms with Gasteiger partial charge in [-0.1, -0.05) is 18.2 Å². The minimum absolute atomic E-state index is 0.282. The molecule has 0 spiro atoms. The number of alkyl halides is 3. The molecular weight excluding hydrogens is 444 g/mol. The van der Waals surface area contributed by atoms with Crippen LogP contribution in [-0.2, 0) is 25.7 Å². The van der Waals surface area contributed by atoms with Gasteiger partial charge < -0.3 is 0 Å². The second kappa shape index (κ2) is 8.95. The van der Waals surface area contributed by atoms with E-state index in [1.54, 1.807) is 18.3 Å². The number of halogens is 4. The fourth-order valence-electron chi connectivity index (χ4n) is 4.04. The van der Waals surface area contributed by atoms with Gasteiger partial charge in [-0.05, 0) is 48.5 Å². The normalized spacial score (nSPS) is 14.1. The van der Waals surface area contributed by atoms with Crippen LogP contribution in [0.25, 0.3) is 22.6 Å². The summed E-state index contributed by atoms with van der Waals surface area (Å²) in [6.45, 7) is 2.08. The van der Waals surface area contributed by atoms with Crippen LogP contribution in [0.3, 0.4) is 0 Å². The molecule has 0 amide bonds. The van der Waals surface area contributed by atoms with Crippen molar-refractivity contribution < 1.29 is 17.6 Å². The monoisotopic (exact) mass is 464 g/mol. The van der Waals surface area contributed by atoms with Gasteiger partial charge in [0.25, 0.3) is 0 Å². The molecule has 8 heteroatoms. The molecule has 2 aromatic carbocycles. The van der Waals surface area contributed by atoms with Crippen molar-refractivity contribution in [2.75, 3.05) is 6.54 Å². The smallest absolute Gasteiger partial charge is 0.293 e. The van der Waals surface area contributed by atoms with E-state index in [9.17, 15) is 17.6 Å². The zero-order valence-corrected chi connectivity index (χ0v) is 18.1. The van der Waals surface area contributed by atoms with Gasteiger partial charge in [-0.25, -0.2) is 14.4 Å². The fourth-order valence-corrected chi connectivity index (χ4v) is 4.04. The second-order valence-electron chi connectivity index (χ2n) is 8.22. The maximum absolute atomic E-state index is 13.2. The Morgan fingerprint density at radius 3 is 2.32 bits per heavy atom. The quantitative estimate of drug-likeness (QED) is 0.352. The molecule has 0 saturated carbocycles. The van der Waals surface area contributed by atoms with E-state index in [0.717, 1.165) is 46.9 Å². The summed E-state index contributed by atoms with van der Waals surface area (Å²) in [6.07, 6.45) is -1.90. The molecule has 0 bridgehead atoms. The molecule has 0 saturated heterocycles. The second-order valence-corrected chi connectivity index (χ2v) is 8.22. The summed E-state index contributed by atoms with van der Waals surface area (Å²) in [6, 6.07) is 17.0. The van der Waals surface area contributed by atoms with E-state index >= 15 is 0 Å². The lowest BCUT2D eigenvalue weighted by atomic mass is 10.1. The van der Waals surface area contributed by atoms with Crippen LogP contribution in [0.4, 0.5) is 17.6 Å². The molecular formula is C26H20F4N4. The Morgan fingerprint density at radius 1 is 0.853 bits per heavy atom. The number of rotatable bonds is 4. The first-order chi connectivity index (χ1) is 16.3. The van der Waals surface area contributed by atoms with Crippen molar-refractivity contribution in [1.29, 1.82) is 0 Å². The highest BCUT2D eigenvalue weighted by Gasteiger charge is 2.30. The summed E-state index contributed by atoms with van der Waals surface area (Å²) in [5.74, 6) is 0.144. The van der Waals surface area contributed by atoms with Gasteiger partial charge in [-0.15, -0.1) is 0 Å². The van der Waals surface area contributed by atoms with Crippen molar-refractivity contribution >= 4 is 0 Å². The average Bonchev–Trinajstić information content (AvgIpc) is 2.84. The standard InChI is InChI=1S/C26H20F4N4/c27-21-10-6-17(7-11-21)23-3-1-2-22(32-23)16-34-13-12-24-19(15-34)14-31-25(33-24)18-4-8-20(9-5-18)26(28,29)30/h1-11,14H,12-13,15-16H2. The molecule has 0 fully saturated rings. The summed E-state index contributed by atoms with van der Waals surface area (Å²) in [5, 5.41) is 0. The Morgan fingerprint density at radius 2 is 1.59 bits per heavy atom. The summed E-state index contributed by atoms with van der Waals surface area (Å²) in [7, 11) is 0. The lowest BCUT2D eigenvalue weighted by molar-refractivity contribution is -0.137. The highest BCUT2D eigenvalue weighted by molar-refractivity contribution is 5.59. The van der Waals surface area contributed by atoms with Crippen molar-refractivity contribution in [1.82, 2.24) is 19.9 Å². The van der Waals surface area contributed by atoms with E-state index in [-0.39, 0.29) is 5.82 Å². The Labute approximate surface area is 194 Å². The van der Waals surface area contributed by atoms with Crippen LogP contribution < -0.4 is 0 Å². The molecule has 1 aliphatic heterocycles. The molecule has 0 radical (unpaired) electrons. The number of aromatic nitrogens is 3. The number of hydrogen-bond donors (Lipinski definition) is 0. The molecule has 0 unspecified atom stereocenters. The molecule has 0 N–H and O–H groups in total. The van der Waals surface area contributed by atoms with Gasteiger partial charge in [0, 0.05) is 48.9 Å². The van der Waals surface area contributed by atoms with Gasteiger partial charge in [-0.3, -0.25) is 9.88 Å². The van der Waals surface area contributed by atoms with Gasteiger partial charge in [0.15, 0.2) is 5.82 Å². The largest absolute Gasteiger partial charge is 0.416 e. The summed E-state index contributed by atoms with van der Waals surface area (Å²) in [4.78, 5) is 16.0. The van der Waals surface area contributed by atoms with Crippen LogP contribution in [-0.4, -0.2) is 26.4 Å². The Bertz CT molecular complexity index is 1300. The third kappa shape index (κ3) is 4.82. The topological polar surface area (TPSA) is 41.9 Å². The number of hydrogen-bond acceptors (Lipinski definition) is 4. The van der Waals surface area contributed by atoms with Crippen molar-refractivity contribution in [3.05, 3.63) is 101 Å². The highest BCUT2D eigenvalue weighted by atomic mass is 19.4. The highest BCUT2D eigenvalue weighted by Crippen LogP contribution is 2.31. The average molecular weight is 464 g/mol. The first-order valence-corrected chi connectivity index (χ1v) is 10.8. The van der Waals surface area contributed by atoms with Gasteiger partial charge in [0.05, 0.1) is 22.6 Å². The number of pyridine rings is 1. The van der Waals surface area contributed by atoms with Crippen LogP contribution in [0.1, 0.15) is 22.5 Å². The maximum atomic E-state index is 13.2. The molecule has 2 aromatic heterocycles. The van der Waals surface area contributed by atoms with Gasteiger partial charge in [0.1, 0.15) is 5.82 Å². The molecule has 172 valence electrons. The van der Waals surface area contributed by atoms with Crippen molar-refractivity contribution in [2.24, 2.45) is 0 Å². The van der Waals surface area contributed by atoms with Crippen LogP contribution in [0.5, 0.6) is 0 Å². The number of nitrogens with zero attached hydrogens (tertiary/aromatic N) is 4. The summed E-state index contributed by atoms with van der Waals surface area (Å²) in [5.41, 5.74) is 4.33. The molecule has 1 aliphatic rings. The third-order valence-corrected chi connectivity index (χ3v) is 5.82. The molecule has 4 aromatic rings. The van der Waals surface area contributed by atoms with Crippen molar-refractivity contribution in [2.45, 2.75) is 25.7 Å². The minimum atomic E-state index is -4.37. The molecule has 5 rings (SSSR count). The lowest BCUT2D eigenvalue weighted by Crippen LogP contribution is -2.31. The van der Waals surface area contributed by atoms with Crippen LogP contribution in [0.2, 0.25) is 0 Å². The van der Waals surface area contributed by atoms with E-state index in [1.807, 2.05) is 18.2 Å². The lowest BCUT2D eigenvalue weighted by Gasteiger charge is -2.27. The first kappa shape index (κ1) is 22.2. The molecule has 0 aliphatic carbocycles. The molecule has 4 nitrogen and oxygen atoms in total. The number of fused-ring (bicyclic) bond motifs is 1. The SMILES string of the molecule is Fc1ccc(-c2cccc(CN3CCc4nc(-c5ccc(C(F)(F)F)cc5)ncc4C3)n2)cc1. The summed E-state index contributed by atoms with van der Waals surface area (Å²) < 4.78 is 51.6. The van der Waals surface area contributed by atoms with Crippen LogP contribution in [0.15, 0.2) is 72.9 Å². The zero-order valence-electron chi connectivity index (χ0n) is 18.1. The van der Waals surface area contributed by atoms with Gasteiger partial charge >= 0.3 is 6.18 Å². The van der Waals surface area contributed by atoms with Crippen LogP contribution >= 0.6 is 0 Å². The molecule has 0 atom stereocenters. The van der Waals surface area contributed by atoms with E-state index in [2.05, 4.69) is 14.9 Å². The fraction of sp³-hybridized carbons (Fsp3) is 0.192. The number of benzene rings is 2.